The summed E-state index contributed by atoms with van der Waals surface area (Å²) in [6.45, 7) is 2.65. The van der Waals surface area contributed by atoms with Gasteiger partial charge in [-0.25, -0.2) is 4.79 Å². The van der Waals surface area contributed by atoms with Crippen LogP contribution in [0.2, 0.25) is 0 Å². The van der Waals surface area contributed by atoms with Gasteiger partial charge in [-0.2, -0.15) is 11.8 Å². The number of methoxy groups -OCH3 is 2. The topological polar surface area (TPSA) is 77.1 Å². The van der Waals surface area contributed by atoms with Gasteiger partial charge in [-0.05, 0) is 31.0 Å². The summed E-state index contributed by atoms with van der Waals surface area (Å²) in [5.41, 5.74) is 0.596. The van der Waals surface area contributed by atoms with Crippen molar-refractivity contribution in [3.63, 3.8) is 0 Å². The maximum atomic E-state index is 12.8. The lowest BCUT2D eigenvalue weighted by Crippen LogP contribution is -2.56. The number of nitrogens with one attached hydrogen (secondary N) is 1. The zero-order valence-corrected chi connectivity index (χ0v) is 18.0. The molecule has 7 nitrogen and oxygen atoms in total. The van der Waals surface area contributed by atoms with Crippen LogP contribution in [0.4, 0.5) is 0 Å². The Morgan fingerprint density at radius 2 is 1.86 bits per heavy atom. The van der Waals surface area contributed by atoms with E-state index in [1.54, 1.807) is 18.2 Å². The zero-order chi connectivity index (χ0) is 20.7. The molecular formula is C21H30N2O5S. The predicted molar refractivity (Wildman–Crippen MR) is 113 cm³/mol. The number of benzene rings is 1. The number of amides is 1. The van der Waals surface area contributed by atoms with E-state index in [9.17, 15) is 9.59 Å². The van der Waals surface area contributed by atoms with Crippen LogP contribution in [0.1, 0.15) is 36.0 Å². The van der Waals surface area contributed by atoms with Crippen molar-refractivity contribution in [2.24, 2.45) is 0 Å². The van der Waals surface area contributed by atoms with Crippen LogP contribution in [0.3, 0.4) is 0 Å². The average molecular weight is 423 g/mol. The molecule has 1 heterocycles. The van der Waals surface area contributed by atoms with Crippen molar-refractivity contribution in [2.75, 3.05) is 52.0 Å². The Kier molecular flexibility index (Phi) is 7.66. The first-order chi connectivity index (χ1) is 14.1. The normalized spacial score (nSPS) is 18.8. The summed E-state index contributed by atoms with van der Waals surface area (Å²) >= 11 is 2.01. The number of hydrogen-bond donors (Lipinski definition) is 1. The van der Waals surface area contributed by atoms with Crippen LogP contribution in [0, 0.1) is 0 Å². The van der Waals surface area contributed by atoms with Crippen LogP contribution >= 0.6 is 11.8 Å². The standard InChI is InChI=1S/C21H30N2O5S/c1-26-18-13-16(5-6-17(18)28-14-19(24)27-2)20(25)22-15-21(7-3-4-8-21)23-9-11-29-12-10-23/h5-6,13H,3-4,7-12,14-15H2,1-2H3,(H,22,25). The van der Waals surface area contributed by atoms with Gasteiger partial charge in [0.05, 0.1) is 14.2 Å². The van der Waals surface area contributed by atoms with Crippen molar-refractivity contribution in [2.45, 2.75) is 31.2 Å². The smallest absolute Gasteiger partial charge is 0.343 e. The molecule has 1 aliphatic carbocycles. The molecule has 3 rings (SSSR count). The highest BCUT2D eigenvalue weighted by molar-refractivity contribution is 7.99. The van der Waals surface area contributed by atoms with Gasteiger partial charge in [0.1, 0.15) is 0 Å². The van der Waals surface area contributed by atoms with Crippen molar-refractivity contribution in [3.8, 4) is 11.5 Å². The van der Waals surface area contributed by atoms with Crippen LogP contribution in [0.25, 0.3) is 0 Å². The van der Waals surface area contributed by atoms with Crippen LogP contribution in [-0.4, -0.2) is 74.3 Å². The highest BCUT2D eigenvalue weighted by atomic mass is 32.2. The number of ether oxygens (including phenoxy) is 3. The molecular weight excluding hydrogens is 392 g/mol. The quantitative estimate of drug-likeness (QED) is 0.645. The molecule has 1 aliphatic heterocycles. The number of carbonyl (C=O) groups is 2. The number of rotatable bonds is 8. The van der Waals surface area contributed by atoms with Gasteiger partial charge in [-0.1, -0.05) is 12.8 Å². The van der Waals surface area contributed by atoms with Gasteiger partial charge in [0.2, 0.25) is 0 Å². The van der Waals surface area contributed by atoms with E-state index in [4.69, 9.17) is 9.47 Å². The Morgan fingerprint density at radius 3 is 2.52 bits per heavy atom. The molecule has 1 aromatic rings. The van der Waals surface area contributed by atoms with Gasteiger partial charge < -0.3 is 19.5 Å². The summed E-state index contributed by atoms with van der Waals surface area (Å²) in [5, 5.41) is 3.15. The second-order valence-corrected chi connectivity index (χ2v) is 8.67. The summed E-state index contributed by atoms with van der Waals surface area (Å²) in [5.74, 6) is 2.53. The fourth-order valence-corrected chi connectivity index (χ4v) is 5.05. The molecule has 1 aromatic carbocycles. The first-order valence-corrected chi connectivity index (χ1v) is 11.2. The molecule has 1 amide bonds. The number of hydrogen-bond acceptors (Lipinski definition) is 7. The highest BCUT2D eigenvalue weighted by Crippen LogP contribution is 2.36. The average Bonchev–Trinajstić information content (AvgIpc) is 3.26. The molecule has 0 aromatic heterocycles. The van der Waals surface area contributed by atoms with Crippen molar-refractivity contribution < 1.29 is 23.8 Å². The minimum Gasteiger partial charge on any atom is -0.493 e. The van der Waals surface area contributed by atoms with Crippen LogP contribution in [-0.2, 0) is 9.53 Å². The second-order valence-electron chi connectivity index (χ2n) is 7.44. The van der Waals surface area contributed by atoms with Gasteiger partial charge in [0.15, 0.2) is 18.1 Å². The lowest BCUT2D eigenvalue weighted by molar-refractivity contribution is -0.142. The number of thioether (sulfide) groups is 1. The van der Waals surface area contributed by atoms with Crippen molar-refractivity contribution in [1.82, 2.24) is 10.2 Å². The summed E-state index contributed by atoms with van der Waals surface area (Å²) in [6.07, 6.45) is 4.72. The van der Waals surface area contributed by atoms with E-state index in [1.165, 1.54) is 38.6 Å². The van der Waals surface area contributed by atoms with Crippen LogP contribution in [0.15, 0.2) is 18.2 Å². The van der Waals surface area contributed by atoms with E-state index in [1.807, 2.05) is 11.8 Å². The summed E-state index contributed by atoms with van der Waals surface area (Å²) < 4.78 is 15.3. The van der Waals surface area contributed by atoms with Gasteiger partial charge in [0.25, 0.3) is 5.91 Å². The molecule has 29 heavy (non-hydrogen) atoms. The first-order valence-electron chi connectivity index (χ1n) is 10.1. The summed E-state index contributed by atoms with van der Waals surface area (Å²) in [7, 11) is 2.81. The Balaban J connectivity index is 1.64. The van der Waals surface area contributed by atoms with E-state index < -0.39 is 5.97 Å². The SMILES string of the molecule is COC(=O)COc1ccc(C(=O)NCC2(N3CCSCC3)CCCC2)cc1OC. The molecule has 0 radical (unpaired) electrons. The molecule has 0 bridgehead atoms. The van der Waals surface area contributed by atoms with Crippen molar-refractivity contribution >= 4 is 23.6 Å². The summed E-state index contributed by atoms with van der Waals surface area (Å²) in [6, 6.07) is 4.97. The van der Waals surface area contributed by atoms with E-state index in [-0.39, 0.29) is 18.1 Å². The molecule has 1 saturated carbocycles. The molecule has 160 valence electrons. The van der Waals surface area contributed by atoms with Crippen molar-refractivity contribution in [3.05, 3.63) is 23.8 Å². The van der Waals surface area contributed by atoms with Gasteiger partial charge >= 0.3 is 5.97 Å². The van der Waals surface area contributed by atoms with Crippen molar-refractivity contribution in [1.29, 1.82) is 0 Å². The summed E-state index contributed by atoms with van der Waals surface area (Å²) in [4.78, 5) is 26.7. The third-order valence-corrected chi connectivity index (χ3v) is 6.74. The molecule has 0 unspecified atom stereocenters. The van der Waals surface area contributed by atoms with E-state index in [0.717, 1.165) is 25.9 Å². The fraction of sp³-hybridized carbons (Fsp3) is 0.619. The molecule has 2 aliphatic rings. The third-order valence-electron chi connectivity index (χ3n) is 5.79. The Labute approximate surface area is 176 Å². The molecule has 0 spiro atoms. The largest absolute Gasteiger partial charge is 0.493 e. The fourth-order valence-electron chi connectivity index (χ4n) is 4.15. The monoisotopic (exact) mass is 422 g/mol. The number of esters is 1. The molecule has 1 saturated heterocycles. The highest BCUT2D eigenvalue weighted by Gasteiger charge is 2.40. The maximum Gasteiger partial charge on any atom is 0.343 e. The zero-order valence-electron chi connectivity index (χ0n) is 17.2. The molecule has 1 N–H and O–H groups in total. The van der Waals surface area contributed by atoms with E-state index in [0.29, 0.717) is 23.6 Å². The maximum absolute atomic E-state index is 12.8. The molecule has 2 fully saturated rings. The predicted octanol–water partition coefficient (Wildman–Crippen LogP) is 2.34. The van der Waals surface area contributed by atoms with Crippen LogP contribution < -0.4 is 14.8 Å². The Bertz CT molecular complexity index is 715. The first kappa shape index (κ1) is 21.8. The lowest BCUT2D eigenvalue weighted by Gasteiger charge is -2.43. The minimum atomic E-state index is -0.480. The van der Waals surface area contributed by atoms with Gasteiger partial charge in [0, 0.05) is 42.2 Å². The molecule has 0 atom stereocenters. The van der Waals surface area contributed by atoms with E-state index >= 15 is 0 Å². The number of carbonyl (C=O) groups excluding carboxylic acids is 2. The number of nitrogens with zero attached hydrogens (tertiary/aromatic N) is 1. The van der Waals surface area contributed by atoms with E-state index in [2.05, 4.69) is 15.0 Å². The Morgan fingerprint density at radius 1 is 1.14 bits per heavy atom. The van der Waals surface area contributed by atoms with Gasteiger partial charge in [-0.15, -0.1) is 0 Å². The third kappa shape index (κ3) is 5.36. The Hall–Kier alpha value is -1.93. The lowest BCUT2D eigenvalue weighted by atomic mass is 9.94. The molecule has 8 heteroatoms. The van der Waals surface area contributed by atoms with Crippen LogP contribution in [0.5, 0.6) is 11.5 Å². The second kappa shape index (κ2) is 10.2. The minimum absolute atomic E-state index is 0.0876. The van der Waals surface area contributed by atoms with Gasteiger partial charge in [-0.3, -0.25) is 9.69 Å².